The lowest BCUT2D eigenvalue weighted by Gasteiger charge is -2.36. The smallest absolute Gasteiger partial charge is 0.407 e. The first-order chi connectivity index (χ1) is 11.6. The van der Waals surface area contributed by atoms with Gasteiger partial charge >= 0.3 is 6.09 Å². The Balaban J connectivity index is 1.73. The van der Waals surface area contributed by atoms with Crippen LogP contribution in [0.4, 0.5) is 10.5 Å². The van der Waals surface area contributed by atoms with Crippen LogP contribution in [0.1, 0.15) is 31.0 Å². The van der Waals surface area contributed by atoms with E-state index in [2.05, 4.69) is 15.6 Å². The van der Waals surface area contributed by atoms with E-state index < -0.39 is 6.09 Å². The van der Waals surface area contributed by atoms with Crippen molar-refractivity contribution in [3.63, 3.8) is 0 Å². The summed E-state index contributed by atoms with van der Waals surface area (Å²) in [6.45, 7) is 4.23. The molecule has 0 saturated carbocycles. The number of carbonyl (C=O) groups excluding carboxylic acids is 1. The van der Waals surface area contributed by atoms with Crippen LogP contribution in [-0.2, 0) is 11.3 Å². The van der Waals surface area contributed by atoms with Crippen molar-refractivity contribution < 1.29 is 9.53 Å². The molecule has 0 radical (unpaired) electrons. The topological polar surface area (TPSA) is 83.2 Å². The van der Waals surface area contributed by atoms with Crippen LogP contribution in [0.25, 0.3) is 0 Å². The quantitative estimate of drug-likeness (QED) is 0.809. The second kappa shape index (κ2) is 6.78. The molecule has 1 aromatic heterocycles. The number of pyridine rings is 1. The van der Waals surface area contributed by atoms with Crippen molar-refractivity contribution in [3.8, 4) is 0 Å². The molecule has 0 unspecified atom stereocenters. The number of rotatable bonds is 3. The highest BCUT2D eigenvalue weighted by Crippen LogP contribution is 2.34. The minimum Gasteiger partial charge on any atom is -0.445 e. The van der Waals surface area contributed by atoms with Gasteiger partial charge in [-0.15, -0.1) is 0 Å². The number of anilines is 1. The van der Waals surface area contributed by atoms with E-state index in [0.717, 1.165) is 11.1 Å². The Kier molecular flexibility index (Phi) is 4.55. The molecule has 1 aromatic carbocycles. The molecular formula is C18H21N3O3. The summed E-state index contributed by atoms with van der Waals surface area (Å²) in [7, 11) is 0. The Morgan fingerprint density at radius 3 is 2.71 bits per heavy atom. The number of hydrogen-bond donors (Lipinski definition) is 3. The maximum atomic E-state index is 12.2. The second-order valence-corrected chi connectivity index (χ2v) is 6.11. The second-order valence-electron chi connectivity index (χ2n) is 6.11. The standard InChI is InChI=1S/C18H21N3O3/c1-11-12(2)20-16-14(8-9-19-17(16)22)15(11)21-18(23)24-10-13-6-4-3-5-7-13/h3-9,11-12,15,20H,10H2,1-2H3,(H,19,22)(H,21,23)/t11-,12-,15+/m0/s1. The van der Waals surface area contributed by atoms with Gasteiger partial charge < -0.3 is 20.4 Å². The fourth-order valence-electron chi connectivity index (χ4n) is 2.93. The van der Waals surface area contributed by atoms with Crippen molar-refractivity contribution >= 4 is 11.8 Å². The van der Waals surface area contributed by atoms with Crippen LogP contribution >= 0.6 is 0 Å². The molecule has 0 saturated heterocycles. The molecule has 1 amide bonds. The Morgan fingerprint density at radius 1 is 1.21 bits per heavy atom. The summed E-state index contributed by atoms with van der Waals surface area (Å²) < 4.78 is 5.30. The lowest BCUT2D eigenvalue weighted by Crippen LogP contribution is -2.44. The number of ether oxygens (including phenoxy) is 1. The summed E-state index contributed by atoms with van der Waals surface area (Å²) in [6, 6.07) is 11.1. The van der Waals surface area contributed by atoms with Gasteiger partial charge in [0.05, 0.1) is 6.04 Å². The van der Waals surface area contributed by atoms with Crippen molar-refractivity contribution in [2.24, 2.45) is 5.92 Å². The Morgan fingerprint density at radius 2 is 1.96 bits per heavy atom. The first kappa shape index (κ1) is 16.1. The van der Waals surface area contributed by atoms with Crippen molar-refractivity contribution in [2.45, 2.75) is 32.5 Å². The maximum absolute atomic E-state index is 12.2. The third-order valence-corrected chi connectivity index (χ3v) is 4.50. The zero-order valence-corrected chi connectivity index (χ0v) is 13.7. The number of amides is 1. The molecule has 3 atom stereocenters. The Hall–Kier alpha value is -2.76. The highest BCUT2D eigenvalue weighted by Gasteiger charge is 2.34. The van der Waals surface area contributed by atoms with Gasteiger partial charge in [0.2, 0.25) is 0 Å². The van der Waals surface area contributed by atoms with E-state index in [1.165, 1.54) is 0 Å². The number of carbonyl (C=O) groups is 1. The summed E-state index contributed by atoms with van der Waals surface area (Å²) in [5, 5.41) is 6.10. The van der Waals surface area contributed by atoms with Gasteiger partial charge in [-0.3, -0.25) is 4.79 Å². The summed E-state index contributed by atoms with van der Waals surface area (Å²) >= 11 is 0. The van der Waals surface area contributed by atoms with Crippen molar-refractivity contribution in [3.05, 3.63) is 64.1 Å². The number of hydrogen-bond acceptors (Lipinski definition) is 4. The molecule has 6 heteroatoms. The van der Waals surface area contributed by atoms with Crippen LogP contribution < -0.4 is 16.2 Å². The molecule has 0 bridgehead atoms. The molecule has 3 N–H and O–H groups in total. The lowest BCUT2D eigenvalue weighted by atomic mass is 9.85. The molecule has 126 valence electrons. The monoisotopic (exact) mass is 327 g/mol. The molecule has 1 aliphatic rings. The molecule has 1 aliphatic heterocycles. The van der Waals surface area contributed by atoms with Crippen molar-refractivity contribution in [1.82, 2.24) is 10.3 Å². The largest absolute Gasteiger partial charge is 0.445 e. The normalized spacial score (nSPS) is 22.2. The molecule has 0 aliphatic carbocycles. The number of aromatic amines is 1. The highest BCUT2D eigenvalue weighted by atomic mass is 16.5. The highest BCUT2D eigenvalue weighted by molar-refractivity contribution is 5.69. The van der Waals surface area contributed by atoms with Gasteiger partial charge in [0.15, 0.2) is 0 Å². The van der Waals surface area contributed by atoms with Gasteiger partial charge in [-0.25, -0.2) is 4.79 Å². The van der Waals surface area contributed by atoms with E-state index in [1.54, 1.807) is 6.20 Å². The zero-order valence-electron chi connectivity index (χ0n) is 13.7. The molecule has 0 fully saturated rings. The average molecular weight is 327 g/mol. The van der Waals surface area contributed by atoms with E-state index in [4.69, 9.17) is 4.74 Å². The van der Waals surface area contributed by atoms with Crippen molar-refractivity contribution in [1.29, 1.82) is 0 Å². The van der Waals surface area contributed by atoms with Crippen LogP contribution in [0.3, 0.4) is 0 Å². The maximum Gasteiger partial charge on any atom is 0.407 e. The van der Waals surface area contributed by atoms with Gasteiger partial charge in [0.25, 0.3) is 5.56 Å². The predicted octanol–water partition coefficient (Wildman–Crippen LogP) is 2.79. The number of aromatic nitrogens is 1. The minimum absolute atomic E-state index is 0.0559. The molecule has 0 spiro atoms. The van der Waals surface area contributed by atoms with Gasteiger partial charge in [-0.05, 0) is 18.6 Å². The number of benzene rings is 1. The van der Waals surface area contributed by atoms with Gasteiger partial charge in [0, 0.05) is 23.7 Å². The van der Waals surface area contributed by atoms with Crippen LogP contribution in [0, 0.1) is 5.92 Å². The van der Waals surface area contributed by atoms with Crippen LogP contribution in [-0.4, -0.2) is 17.1 Å². The molecule has 24 heavy (non-hydrogen) atoms. The first-order valence-electron chi connectivity index (χ1n) is 8.01. The fraction of sp³-hybridized carbons (Fsp3) is 0.333. The number of nitrogens with one attached hydrogen (secondary N) is 3. The SMILES string of the molecule is C[C@H]1[C@H](C)Nc2c(cc[nH]c2=O)[C@@H]1NC(=O)OCc1ccccc1. The lowest BCUT2D eigenvalue weighted by molar-refractivity contribution is 0.131. The zero-order chi connectivity index (χ0) is 17.1. The molecule has 2 aromatic rings. The average Bonchev–Trinajstić information content (AvgIpc) is 2.59. The molecule has 6 nitrogen and oxygen atoms in total. The van der Waals surface area contributed by atoms with Crippen LogP contribution in [0.15, 0.2) is 47.4 Å². The van der Waals surface area contributed by atoms with Crippen LogP contribution in [0.2, 0.25) is 0 Å². The third kappa shape index (κ3) is 3.27. The summed E-state index contributed by atoms with van der Waals surface area (Å²) in [6.07, 6.45) is 1.10. The third-order valence-electron chi connectivity index (χ3n) is 4.50. The van der Waals surface area contributed by atoms with Gasteiger partial charge in [-0.1, -0.05) is 37.3 Å². The van der Waals surface area contributed by atoms with E-state index >= 15 is 0 Å². The van der Waals surface area contributed by atoms with Crippen molar-refractivity contribution in [2.75, 3.05) is 5.32 Å². The van der Waals surface area contributed by atoms with E-state index in [1.807, 2.05) is 50.2 Å². The molecule has 3 rings (SSSR count). The summed E-state index contributed by atoms with van der Waals surface area (Å²) in [4.78, 5) is 26.8. The van der Waals surface area contributed by atoms with E-state index in [-0.39, 0.29) is 30.2 Å². The number of alkyl carbamates (subject to hydrolysis) is 1. The first-order valence-corrected chi connectivity index (χ1v) is 8.01. The molecule has 2 heterocycles. The summed E-state index contributed by atoms with van der Waals surface area (Å²) in [5.74, 6) is 0.114. The van der Waals surface area contributed by atoms with E-state index in [0.29, 0.717) is 5.69 Å². The van der Waals surface area contributed by atoms with Gasteiger partial charge in [0.1, 0.15) is 12.3 Å². The van der Waals surface area contributed by atoms with E-state index in [9.17, 15) is 9.59 Å². The Labute approximate surface area is 140 Å². The molecular weight excluding hydrogens is 306 g/mol. The summed E-state index contributed by atoms with van der Waals surface area (Å²) in [5.41, 5.74) is 2.03. The predicted molar refractivity (Wildman–Crippen MR) is 91.8 cm³/mol. The Bertz CT molecular complexity index is 773. The fourth-order valence-corrected chi connectivity index (χ4v) is 2.93. The minimum atomic E-state index is -0.490. The van der Waals surface area contributed by atoms with Gasteiger partial charge in [-0.2, -0.15) is 0 Å². The number of H-pyrrole nitrogens is 1. The number of fused-ring (bicyclic) bond motifs is 1. The van der Waals surface area contributed by atoms with Crippen LogP contribution in [0.5, 0.6) is 0 Å².